The van der Waals surface area contributed by atoms with E-state index in [0.717, 1.165) is 17.0 Å². The zero-order valence-electron chi connectivity index (χ0n) is 19.6. The first-order valence-electron chi connectivity index (χ1n) is 11.3. The summed E-state index contributed by atoms with van der Waals surface area (Å²) >= 11 is 5.99. The van der Waals surface area contributed by atoms with E-state index in [1.54, 1.807) is 23.0 Å². The lowest BCUT2D eigenvalue weighted by Gasteiger charge is -2.36. The van der Waals surface area contributed by atoms with E-state index in [1.165, 1.54) is 6.07 Å². The van der Waals surface area contributed by atoms with Crippen molar-refractivity contribution in [2.75, 3.05) is 24.6 Å². The lowest BCUT2D eigenvalue weighted by atomic mass is 10.1. The van der Waals surface area contributed by atoms with Crippen LogP contribution >= 0.6 is 11.6 Å². The molecule has 4 aromatic rings. The number of morpholine rings is 1. The molecule has 0 unspecified atom stereocenters. The van der Waals surface area contributed by atoms with Crippen molar-refractivity contribution >= 4 is 28.7 Å². The van der Waals surface area contributed by atoms with Gasteiger partial charge < -0.3 is 14.7 Å². The van der Waals surface area contributed by atoms with Crippen molar-refractivity contribution in [1.29, 1.82) is 0 Å². The van der Waals surface area contributed by atoms with Crippen LogP contribution in [0.2, 0.25) is 5.02 Å². The van der Waals surface area contributed by atoms with Crippen LogP contribution in [0.15, 0.2) is 30.6 Å². The molecule has 0 bridgehead atoms. The number of aromatic nitrogens is 6. The summed E-state index contributed by atoms with van der Waals surface area (Å²) in [5, 5.41) is 13.8. The third-order valence-electron chi connectivity index (χ3n) is 6.01. The Morgan fingerprint density at radius 3 is 2.71 bits per heavy atom. The summed E-state index contributed by atoms with van der Waals surface area (Å²) in [4.78, 5) is 20.8. The van der Waals surface area contributed by atoms with Gasteiger partial charge in [-0.1, -0.05) is 11.6 Å². The van der Waals surface area contributed by atoms with Gasteiger partial charge in [-0.2, -0.15) is 10.1 Å². The highest BCUT2D eigenvalue weighted by Gasteiger charge is 2.30. The maximum absolute atomic E-state index is 15.0. The van der Waals surface area contributed by atoms with E-state index in [1.807, 2.05) is 31.9 Å². The van der Waals surface area contributed by atoms with Gasteiger partial charge in [-0.25, -0.2) is 19.3 Å². The normalized spacial score (nSPS) is 18.4. The lowest BCUT2D eigenvalue weighted by Crippen LogP contribution is -2.43. The average Bonchev–Trinajstić information content (AvgIpc) is 3.28. The molecule has 11 heteroatoms. The first-order valence-corrected chi connectivity index (χ1v) is 11.7. The Bertz CT molecular complexity index is 1400. The Labute approximate surface area is 206 Å². The molecule has 0 radical (unpaired) electrons. The molecule has 0 amide bonds. The predicted molar refractivity (Wildman–Crippen MR) is 130 cm³/mol. The Kier molecular flexibility index (Phi) is 6.35. The number of ether oxygens (including phenoxy) is 1. The molecule has 1 aromatic carbocycles. The number of halogens is 2. The van der Waals surface area contributed by atoms with Crippen LogP contribution in [0.5, 0.6) is 0 Å². The molecule has 35 heavy (non-hydrogen) atoms. The number of aliphatic hydroxyl groups is 1. The van der Waals surface area contributed by atoms with Crippen molar-refractivity contribution < 1.29 is 14.2 Å². The topological polar surface area (TPSA) is 102 Å². The minimum atomic E-state index is -0.493. The standard InChI is InChI=1S/C24H25ClFN7O2/c1-13-10-32(12-20(35-13)16-9-27-33(11-16)6-7-34)24-30-21(18-5-4-17(25)8-19(18)26)22-23(31-24)29-15(3)14(2)28-22/h4-5,8-9,11,13,20,34H,6-7,10,12H2,1-3H3/t13-,20+/m0/s1. The van der Waals surface area contributed by atoms with Crippen molar-refractivity contribution in [3.63, 3.8) is 0 Å². The predicted octanol–water partition coefficient (Wildman–Crippen LogP) is 3.65. The fourth-order valence-corrected chi connectivity index (χ4v) is 4.34. The average molecular weight is 498 g/mol. The second kappa shape index (κ2) is 9.44. The van der Waals surface area contributed by atoms with Gasteiger partial charge in [0.15, 0.2) is 5.65 Å². The molecule has 4 heterocycles. The smallest absolute Gasteiger partial charge is 0.228 e. The van der Waals surface area contributed by atoms with Crippen LogP contribution in [0, 0.1) is 19.7 Å². The number of rotatable bonds is 5. The highest BCUT2D eigenvalue weighted by atomic mass is 35.5. The summed E-state index contributed by atoms with van der Waals surface area (Å²) in [5.41, 5.74) is 3.84. The molecular formula is C24H25ClFN7O2. The molecular weight excluding hydrogens is 473 g/mol. The van der Waals surface area contributed by atoms with Crippen LogP contribution in [0.3, 0.4) is 0 Å². The van der Waals surface area contributed by atoms with E-state index >= 15 is 0 Å². The summed E-state index contributed by atoms with van der Waals surface area (Å²) in [6.07, 6.45) is 3.22. The maximum atomic E-state index is 15.0. The Balaban J connectivity index is 1.59. The van der Waals surface area contributed by atoms with Crippen molar-refractivity contribution in [2.45, 2.75) is 39.5 Å². The minimum Gasteiger partial charge on any atom is -0.394 e. The van der Waals surface area contributed by atoms with Crippen LogP contribution in [-0.2, 0) is 11.3 Å². The first kappa shape index (κ1) is 23.5. The number of benzene rings is 1. The number of hydrogen-bond acceptors (Lipinski definition) is 8. The molecule has 1 aliphatic heterocycles. The van der Waals surface area contributed by atoms with Gasteiger partial charge in [0.2, 0.25) is 5.95 Å². The van der Waals surface area contributed by atoms with Crippen LogP contribution in [0.1, 0.15) is 30.0 Å². The molecule has 3 aromatic heterocycles. The third kappa shape index (κ3) is 4.69. The fraction of sp³-hybridized carbons (Fsp3) is 0.375. The van der Waals surface area contributed by atoms with Gasteiger partial charge in [0.1, 0.15) is 23.1 Å². The van der Waals surface area contributed by atoms with Gasteiger partial charge in [0.05, 0.1) is 43.4 Å². The molecule has 9 nitrogen and oxygen atoms in total. The molecule has 0 spiro atoms. The van der Waals surface area contributed by atoms with Gasteiger partial charge in [0.25, 0.3) is 0 Å². The quantitative estimate of drug-likeness (QED) is 0.446. The van der Waals surface area contributed by atoms with Crippen LogP contribution in [0.4, 0.5) is 10.3 Å². The van der Waals surface area contributed by atoms with Crippen molar-refractivity contribution in [2.24, 2.45) is 0 Å². The summed E-state index contributed by atoms with van der Waals surface area (Å²) < 4.78 is 22.8. The van der Waals surface area contributed by atoms with E-state index in [2.05, 4.69) is 15.1 Å². The number of anilines is 1. The fourth-order valence-electron chi connectivity index (χ4n) is 4.18. The van der Waals surface area contributed by atoms with Crippen molar-refractivity contribution in [1.82, 2.24) is 29.7 Å². The van der Waals surface area contributed by atoms with Crippen molar-refractivity contribution in [3.05, 3.63) is 58.4 Å². The largest absolute Gasteiger partial charge is 0.394 e. The van der Waals surface area contributed by atoms with Gasteiger partial charge >= 0.3 is 0 Å². The van der Waals surface area contributed by atoms with E-state index in [4.69, 9.17) is 26.3 Å². The zero-order valence-corrected chi connectivity index (χ0v) is 20.4. The van der Waals surface area contributed by atoms with E-state index in [-0.39, 0.29) is 24.4 Å². The number of fused-ring (bicyclic) bond motifs is 1. The summed E-state index contributed by atoms with van der Waals surface area (Å²) in [6, 6.07) is 4.48. The molecule has 5 rings (SSSR count). The summed E-state index contributed by atoms with van der Waals surface area (Å²) in [5.74, 6) is -0.0738. The molecule has 0 aliphatic carbocycles. The minimum absolute atomic E-state index is 0.00403. The summed E-state index contributed by atoms with van der Waals surface area (Å²) in [6.45, 7) is 7.13. The number of aliphatic hydroxyl groups excluding tert-OH is 1. The molecule has 1 N–H and O–H groups in total. The summed E-state index contributed by atoms with van der Waals surface area (Å²) in [7, 11) is 0. The molecule has 0 saturated carbocycles. The molecule has 1 fully saturated rings. The highest BCUT2D eigenvalue weighted by molar-refractivity contribution is 6.30. The molecule has 182 valence electrons. The van der Waals surface area contributed by atoms with E-state index in [9.17, 15) is 9.50 Å². The second-order valence-corrected chi connectivity index (χ2v) is 9.10. The highest BCUT2D eigenvalue weighted by Crippen LogP contribution is 2.32. The molecule has 1 aliphatic rings. The first-order chi connectivity index (χ1) is 16.8. The second-order valence-electron chi connectivity index (χ2n) is 8.66. The van der Waals surface area contributed by atoms with Gasteiger partial charge in [0, 0.05) is 28.9 Å². The zero-order chi connectivity index (χ0) is 24.7. The van der Waals surface area contributed by atoms with Crippen LogP contribution in [0.25, 0.3) is 22.4 Å². The van der Waals surface area contributed by atoms with Crippen LogP contribution < -0.4 is 4.90 Å². The SMILES string of the molecule is Cc1nc2nc(N3C[C@H](C)O[C@@H](c4cnn(CCO)c4)C3)nc(-c3ccc(Cl)cc3F)c2nc1C. The van der Waals surface area contributed by atoms with Gasteiger partial charge in [-0.05, 0) is 39.0 Å². The Morgan fingerprint density at radius 1 is 1.14 bits per heavy atom. The monoisotopic (exact) mass is 497 g/mol. The molecule has 1 saturated heterocycles. The molecule has 2 atom stereocenters. The van der Waals surface area contributed by atoms with Gasteiger partial charge in [-0.15, -0.1) is 0 Å². The Hall–Kier alpha value is -3.21. The third-order valence-corrected chi connectivity index (χ3v) is 6.25. The number of nitrogens with zero attached hydrogens (tertiary/aromatic N) is 7. The number of hydrogen-bond donors (Lipinski definition) is 1. The van der Waals surface area contributed by atoms with Gasteiger partial charge in [-0.3, -0.25) is 4.68 Å². The van der Waals surface area contributed by atoms with E-state index in [0.29, 0.717) is 47.5 Å². The van der Waals surface area contributed by atoms with Crippen LogP contribution in [-0.4, -0.2) is 60.6 Å². The lowest BCUT2D eigenvalue weighted by molar-refractivity contribution is -0.0179. The van der Waals surface area contributed by atoms with E-state index < -0.39 is 5.82 Å². The number of aryl methyl sites for hydroxylation is 2. The maximum Gasteiger partial charge on any atom is 0.228 e. The Morgan fingerprint density at radius 2 is 1.94 bits per heavy atom. The van der Waals surface area contributed by atoms with Crippen molar-refractivity contribution in [3.8, 4) is 11.3 Å².